The van der Waals surface area contributed by atoms with E-state index in [1.165, 1.54) is 12.8 Å². The first kappa shape index (κ1) is 8.00. The van der Waals surface area contributed by atoms with Gasteiger partial charge in [-0.2, -0.15) is 0 Å². The number of rotatable bonds is 1. The summed E-state index contributed by atoms with van der Waals surface area (Å²) in [6.45, 7) is 0. The first-order chi connectivity index (χ1) is 5.43. The van der Waals surface area contributed by atoms with Gasteiger partial charge in [-0.1, -0.05) is 0 Å². The van der Waals surface area contributed by atoms with Crippen LogP contribution >= 0.6 is 0 Å². The Morgan fingerprint density at radius 2 is 2.45 bits per heavy atom. The summed E-state index contributed by atoms with van der Waals surface area (Å²) in [6.07, 6.45) is 8.58. The van der Waals surface area contributed by atoms with Crippen molar-refractivity contribution in [1.29, 1.82) is 0 Å². The molecule has 1 aliphatic rings. The zero-order chi connectivity index (χ0) is 7.94. The Bertz CT molecular complexity index is 274. The molecule has 1 atom stereocenters. The maximum absolute atomic E-state index is 5.01. The van der Waals surface area contributed by atoms with Crippen molar-refractivity contribution in [2.75, 3.05) is 0 Å². The monoisotopic (exact) mass is 158 g/mol. The van der Waals surface area contributed by atoms with Crippen molar-refractivity contribution in [2.45, 2.75) is 24.8 Å². The molecule has 1 aliphatic carbocycles. The smallest absolute Gasteiger partial charge is 0.123 e. The van der Waals surface area contributed by atoms with E-state index in [-0.39, 0.29) is 9.52 Å². The van der Waals surface area contributed by atoms with E-state index in [0.29, 0.717) is 5.54 Å². The molecule has 0 nitrogen and oxygen atoms in total. The molecule has 0 amide bonds. The number of hydrogen-bond acceptors (Lipinski definition) is 0. The predicted octanol–water partition coefficient (Wildman–Crippen LogP) is 0.725. The average Bonchev–Trinajstić information content (AvgIpc) is 2.07. The molecular weight excluding hydrogens is 148 g/mol. The number of hydrogen-bond donors (Lipinski definition) is 0. The van der Waals surface area contributed by atoms with Crippen molar-refractivity contribution in [3.05, 3.63) is 0 Å². The van der Waals surface area contributed by atoms with Crippen LogP contribution in [0.25, 0.3) is 0 Å². The third-order valence-corrected chi connectivity index (χ3v) is 3.16. The SMILES string of the molecule is C#CC#C[SiH2]C1C#CCCC1. The van der Waals surface area contributed by atoms with Gasteiger partial charge < -0.3 is 0 Å². The second-order valence-electron chi connectivity index (χ2n) is 2.56. The van der Waals surface area contributed by atoms with Crippen LogP contribution in [0.2, 0.25) is 5.54 Å². The Hall–Kier alpha value is -1.10. The largest absolute Gasteiger partial charge is 0.124 e. The van der Waals surface area contributed by atoms with Crippen LogP contribution in [0.3, 0.4) is 0 Å². The van der Waals surface area contributed by atoms with Gasteiger partial charge in [0.1, 0.15) is 9.52 Å². The van der Waals surface area contributed by atoms with Gasteiger partial charge in [-0.25, -0.2) is 0 Å². The molecule has 0 aliphatic heterocycles. The Morgan fingerprint density at radius 1 is 1.55 bits per heavy atom. The summed E-state index contributed by atoms with van der Waals surface area (Å²) >= 11 is 0. The fourth-order valence-corrected chi connectivity index (χ4v) is 2.29. The van der Waals surface area contributed by atoms with E-state index >= 15 is 0 Å². The van der Waals surface area contributed by atoms with Crippen molar-refractivity contribution in [3.8, 4) is 35.6 Å². The summed E-state index contributed by atoms with van der Waals surface area (Å²) in [4.78, 5) is 0. The summed E-state index contributed by atoms with van der Waals surface area (Å²) in [7, 11) is -0.323. The van der Waals surface area contributed by atoms with Crippen molar-refractivity contribution in [1.82, 2.24) is 0 Å². The van der Waals surface area contributed by atoms with Crippen LogP contribution in [0, 0.1) is 35.6 Å². The van der Waals surface area contributed by atoms with Gasteiger partial charge in [-0.05, 0) is 24.7 Å². The predicted molar refractivity (Wildman–Crippen MR) is 50.5 cm³/mol. The summed E-state index contributed by atoms with van der Waals surface area (Å²) in [6, 6.07) is 0. The average molecular weight is 158 g/mol. The standard InChI is InChI=1S/C10H10Si/c1-2-3-9-11-10-7-5-4-6-8-10/h1,10H,4-5,7,11H2. The Kier molecular flexibility index (Phi) is 3.40. The highest BCUT2D eigenvalue weighted by Gasteiger charge is 2.05. The van der Waals surface area contributed by atoms with E-state index in [2.05, 4.69) is 29.2 Å². The van der Waals surface area contributed by atoms with E-state index in [1.807, 2.05) is 0 Å². The van der Waals surface area contributed by atoms with E-state index in [0.717, 1.165) is 6.42 Å². The Balaban J connectivity index is 2.36. The molecule has 0 aromatic heterocycles. The van der Waals surface area contributed by atoms with Crippen LogP contribution < -0.4 is 0 Å². The van der Waals surface area contributed by atoms with Crippen molar-refractivity contribution >= 4 is 9.52 Å². The molecule has 1 heteroatoms. The molecule has 0 spiro atoms. The molecule has 1 rings (SSSR count). The molecule has 0 N–H and O–H groups in total. The molecule has 0 heterocycles. The highest BCUT2D eigenvalue weighted by atomic mass is 28.2. The lowest BCUT2D eigenvalue weighted by Crippen LogP contribution is -2.02. The molecule has 1 unspecified atom stereocenters. The molecule has 54 valence electrons. The Morgan fingerprint density at radius 3 is 3.09 bits per heavy atom. The van der Waals surface area contributed by atoms with E-state index in [4.69, 9.17) is 6.42 Å². The minimum Gasteiger partial charge on any atom is -0.124 e. The van der Waals surface area contributed by atoms with E-state index < -0.39 is 0 Å². The number of terminal acetylenes is 1. The summed E-state index contributed by atoms with van der Waals surface area (Å²) in [5.74, 6) is 11.3. The lowest BCUT2D eigenvalue weighted by Gasteiger charge is -2.07. The zero-order valence-corrected chi connectivity index (χ0v) is 7.90. The summed E-state index contributed by atoms with van der Waals surface area (Å²) < 4.78 is 0. The third kappa shape index (κ3) is 2.99. The second-order valence-corrected chi connectivity index (χ2v) is 4.31. The fourth-order valence-electron chi connectivity index (χ4n) is 1.10. The molecular formula is C10H10Si. The highest BCUT2D eigenvalue weighted by molar-refractivity contribution is 6.49. The highest BCUT2D eigenvalue weighted by Crippen LogP contribution is 2.15. The molecule has 0 saturated carbocycles. The van der Waals surface area contributed by atoms with Crippen LogP contribution in [0.4, 0.5) is 0 Å². The van der Waals surface area contributed by atoms with Crippen molar-refractivity contribution in [2.24, 2.45) is 0 Å². The van der Waals surface area contributed by atoms with E-state index in [1.54, 1.807) is 0 Å². The maximum atomic E-state index is 5.01. The van der Waals surface area contributed by atoms with Gasteiger partial charge in [0.15, 0.2) is 0 Å². The minimum atomic E-state index is -0.323. The molecule has 0 aromatic carbocycles. The van der Waals surface area contributed by atoms with Gasteiger partial charge in [0.25, 0.3) is 0 Å². The fraction of sp³-hybridized carbons (Fsp3) is 0.400. The minimum absolute atomic E-state index is 0.323. The van der Waals surface area contributed by atoms with Crippen LogP contribution in [0.1, 0.15) is 19.3 Å². The van der Waals surface area contributed by atoms with Crippen LogP contribution in [-0.4, -0.2) is 9.52 Å². The first-order valence-corrected chi connectivity index (χ1v) is 5.37. The molecule has 0 bridgehead atoms. The van der Waals surface area contributed by atoms with Gasteiger partial charge in [-0.3, -0.25) is 0 Å². The van der Waals surface area contributed by atoms with Crippen LogP contribution in [-0.2, 0) is 0 Å². The second kappa shape index (κ2) is 4.67. The molecule has 11 heavy (non-hydrogen) atoms. The van der Waals surface area contributed by atoms with Crippen molar-refractivity contribution < 1.29 is 0 Å². The van der Waals surface area contributed by atoms with Gasteiger partial charge in [0, 0.05) is 12.0 Å². The van der Waals surface area contributed by atoms with Crippen LogP contribution in [0.5, 0.6) is 0 Å². The van der Waals surface area contributed by atoms with E-state index in [9.17, 15) is 0 Å². The van der Waals surface area contributed by atoms with Crippen molar-refractivity contribution in [3.63, 3.8) is 0 Å². The lowest BCUT2D eigenvalue weighted by molar-refractivity contribution is 0.758. The van der Waals surface area contributed by atoms with Gasteiger partial charge in [0.05, 0.1) is 0 Å². The first-order valence-electron chi connectivity index (χ1n) is 3.85. The normalized spacial score (nSPS) is 21.2. The third-order valence-electron chi connectivity index (χ3n) is 1.67. The molecule has 0 saturated heterocycles. The summed E-state index contributed by atoms with van der Waals surface area (Å²) in [5.41, 5.74) is 3.67. The zero-order valence-electron chi connectivity index (χ0n) is 6.48. The maximum Gasteiger partial charge on any atom is 0.123 e. The molecule has 0 aromatic rings. The van der Waals surface area contributed by atoms with Gasteiger partial charge in [0.2, 0.25) is 0 Å². The lowest BCUT2D eigenvalue weighted by atomic mass is 10.1. The molecule has 0 fully saturated rings. The van der Waals surface area contributed by atoms with Gasteiger partial charge >= 0.3 is 0 Å². The summed E-state index contributed by atoms with van der Waals surface area (Å²) in [5, 5.41) is 0. The quantitative estimate of drug-likeness (QED) is 0.390. The Labute approximate surface area is 70.6 Å². The molecule has 0 radical (unpaired) electrons. The van der Waals surface area contributed by atoms with Gasteiger partial charge in [-0.15, -0.1) is 23.8 Å². The topological polar surface area (TPSA) is 0 Å². The van der Waals surface area contributed by atoms with Crippen LogP contribution in [0.15, 0.2) is 0 Å².